The fourth-order valence-electron chi connectivity index (χ4n) is 2.20. The van der Waals surface area contributed by atoms with Crippen LogP contribution in [0.2, 0.25) is 0 Å². The van der Waals surface area contributed by atoms with E-state index in [1.165, 1.54) is 11.1 Å². The van der Waals surface area contributed by atoms with E-state index < -0.39 is 0 Å². The van der Waals surface area contributed by atoms with Gasteiger partial charge in [-0.25, -0.2) is 5.10 Å². The molecule has 3 aromatic rings. The van der Waals surface area contributed by atoms with Gasteiger partial charge in [0.05, 0.1) is 11.9 Å². The van der Waals surface area contributed by atoms with Crippen molar-refractivity contribution in [1.82, 2.24) is 15.1 Å². The molecule has 3 rings (SSSR count). The van der Waals surface area contributed by atoms with Crippen LogP contribution >= 0.6 is 11.3 Å². The van der Waals surface area contributed by atoms with Gasteiger partial charge >= 0.3 is 11.1 Å². The predicted octanol–water partition coefficient (Wildman–Crippen LogP) is 2.39. The molecule has 0 aliphatic rings. The van der Waals surface area contributed by atoms with Gasteiger partial charge in [0.1, 0.15) is 0 Å². The van der Waals surface area contributed by atoms with Gasteiger partial charge in [0, 0.05) is 4.88 Å². The number of nitrogens with zero attached hydrogens (tertiary/aromatic N) is 3. The fraction of sp³-hybridized carbons (Fsp3) is 0.214. The van der Waals surface area contributed by atoms with Crippen LogP contribution in [0.5, 0.6) is 0 Å². The normalized spacial score (nSPS) is 10.8. The number of benzene rings is 1. The van der Waals surface area contributed by atoms with Crippen LogP contribution in [0, 0.1) is 20.8 Å². The van der Waals surface area contributed by atoms with E-state index in [9.17, 15) is 0 Å². The summed E-state index contributed by atoms with van der Waals surface area (Å²) in [5, 5.41) is 7.08. The highest BCUT2D eigenvalue weighted by Gasteiger charge is 2.20. The quantitative estimate of drug-likeness (QED) is 0.649. The van der Waals surface area contributed by atoms with Crippen LogP contribution in [0.15, 0.2) is 24.4 Å². The maximum atomic E-state index is 5.79. The number of thiazole rings is 1. The smallest absolute Gasteiger partial charge is 0.357 e. The number of hydrogen-bond donors (Lipinski definition) is 3. The van der Waals surface area contributed by atoms with Crippen LogP contribution in [0.1, 0.15) is 16.0 Å². The number of aryl methyl sites for hydroxylation is 3. The second-order valence-corrected chi connectivity index (χ2v) is 6.24. The monoisotopic (exact) mass is 301 g/mol. The molecule has 21 heavy (non-hydrogen) atoms. The van der Waals surface area contributed by atoms with Gasteiger partial charge in [-0.3, -0.25) is 5.32 Å². The first kappa shape index (κ1) is 13.6. The molecule has 0 radical (unpaired) electrons. The first-order valence-corrected chi connectivity index (χ1v) is 7.38. The van der Waals surface area contributed by atoms with E-state index in [2.05, 4.69) is 52.4 Å². The molecule has 2 aromatic heterocycles. The van der Waals surface area contributed by atoms with E-state index in [1.54, 1.807) is 16.0 Å². The lowest BCUT2D eigenvalue weighted by Gasteiger charge is -2.03. The lowest BCUT2D eigenvalue weighted by molar-refractivity contribution is -0.640. The summed E-state index contributed by atoms with van der Waals surface area (Å²) in [4.78, 5) is 9.77. The summed E-state index contributed by atoms with van der Waals surface area (Å²) < 4.78 is 1.75. The van der Waals surface area contributed by atoms with Gasteiger partial charge in [0.2, 0.25) is 0 Å². The number of aromatic nitrogens is 4. The molecule has 6 nitrogen and oxygen atoms in total. The number of hydrogen-bond acceptors (Lipinski definition) is 5. The zero-order valence-corrected chi connectivity index (χ0v) is 13.0. The van der Waals surface area contributed by atoms with Crippen molar-refractivity contribution < 1.29 is 4.68 Å². The zero-order chi connectivity index (χ0) is 15.0. The maximum absolute atomic E-state index is 5.79. The average Bonchev–Trinajstić information content (AvgIpc) is 2.94. The summed E-state index contributed by atoms with van der Waals surface area (Å²) in [6.45, 7) is 6.14. The third-order valence-electron chi connectivity index (χ3n) is 2.94. The van der Waals surface area contributed by atoms with Crippen LogP contribution in [0.4, 0.5) is 17.6 Å². The number of H-pyrrole nitrogens is 1. The van der Waals surface area contributed by atoms with Gasteiger partial charge in [-0.15, -0.1) is 9.67 Å². The van der Waals surface area contributed by atoms with Crippen LogP contribution in [0.25, 0.3) is 5.13 Å². The van der Waals surface area contributed by atoms with Crippen molar-refractivity contribution in [2.75, 3.05) is 11.1 Å². The zero-order valence-electron chi connectivity index (χ0n) is 12.1. The van der Waals surface area contributed by atoms with Crippen LogP contribution < -0.4 is 15.7 Å². The van der Waals surface area contributed by atoms with Gasteiger partial charge in [-0.05, 0) is 44.0 Å². The van der Waals surface area contributed by atoms with E-state index >= 15 is 0 Å². The van der Waals surface area contributed by atoms with Gasteiger partial charge in [0.15, 0.2) is 0 Å². The van der Waals surface area contributed by atoms with Crippen LogP contribution in [0.3, 0.4) is 0 Å². The van der Waals surface area contributed by atoms with Crippen molar-refractivity contribution in [2.24, 2.45) is 0 Å². The van der Waals surface area contributed by atoms with Crippen molar-refractivity contribution in [2.45, 2.75) is 20.8 Å². The Morgan fingerprint density at radius 1 is 1.19 bits per heavy atom. The molecule has 0 aliphatic heterocycles. The molecular formula is C14H17N6S+. The highest BCUT2D eigenvalue weighted by atomic mass is 32.1. The molecular weight excluding hydrogens is 284 g/mol. The van der Waals surface area contributed by atoms with E-state index in [4.69, 9.17) is 5.73 Å². The van der Waals surface area contributed by atoms with E-state index in [0.717, 1.165) is 15.7 Å². The molecule has 0 fully saturated rings. The topological polar surface area (TPSA) is 83.5 Å². The molecule has 1 aromatic carbocycles. The van der Waals surface area contributed by atoms with Gasteiger partial charge in [-0.2, -0.15) is 0 Å². The molecule has 4 N–H and O–H groups in total. The second kappa shape index (κ2) is 5.17. The number of rotatable bonds is 3. The van der Waals surface area contributed by atoms with Crippen molar-refractivity contribution in [3.8, 4) is 5.13 Å². The Balaban J connectivity index is 1.99. The molecule has 2 heterocycles. The minimum atomic E-state index is 0.342. The van der Waals surface area contributed by atoms with Crippen molar-refractivity contribution in [3.63, 3.8) is 0 Å². The van der Waals surface area contributed by atoms with Crippen LogP contribution in [-0.2, 0) is 0 Å². The highest BCUT2D eigenvalue weighted by Crippen LogP contribution is 2.19. The second-order valence-electron chi connectivity index (χ2n) is 5.02. The molecule has 108 valence electrons. The first-order valence-electron chi connectivity index (χ1n) is 6.57. The number of nitrogens with one attached hydrogen (secondary N) is 2. The van der Waals surface area contributed by atoms with Crippen molar-refractivity contribution in [3.05, 3.63) is 40.4 Å². The Morgan fingerprint density at radius 2 is 1.90 bits per heavy atom. The largest absolute Gasteiger partial charge is 0.378 e. The molecule has 7 heteroatoms. The summed E-state index contributed by atoms with van der Waals surface area (Å²) >= 11 is 1.57. The molecule has 0 bridgehead atoms. The maximum Gasteiger partial charge on any atom is 0.378 e. The standard InChI is InChI=1S/C14H16N6S/c1-8-4-9(2)6-11(5-8)17-13-18-12(15)19-20(13)14-16-7-10(3)21-14/h4-7H,1-3H3,(H3,15,17,18,19)/p+1. The Kier molecular flexibility index (Phi) is 3.34. The molecule has 0 saturated carbocycles. The minimum Gasteiger partial charge on any atom is -0.357 e. The summed E-state index contributed by atoms with van der Waals surface area (Å²) in [6.07, 6.45) is 1.82. The van der Waals surface area contributed by atoms with E-state index in [-0.39, 0.29) is 0 Å². The summed E-state index contributed by atoms with van der Waals surface area (Å²) in [5.74, 6) is 0.960. The summed E-state index contributed by atoms with van der Waals surface area (Å²) in [5.41, 5.74) is 9.14. The molecule has 0 spiro atoms. The molecule has 0 amide bonds. The molecule has 0 aliphatic carbocycles. The number of nitrogens with two attached hydrogens (primary N) is 1. The lowest BCUT2D eigenvalue weighted by atomic mass is 10.1. The summed E-state index contributed by atoms with van der Waals surface area (Å²) in [6, 6.07) is 6.26. The van der Waals surface area contributed by atoms with Gasteiger partial charge in [0.25, 0.3) is 5.95 Å². The number of anilines is 3. The Hall–Kier alpha value is -2.41. The minimum absolute atomic E-state index is 0.342. The van der Waals surface area contributed by atoms with Crippen molar-refractivity contribution in [1.29, 1.82) is 0 Å². The highest BCUT2D eigenvalue weighted by molar-refractivity contribution is 7.13. The van der Waals surface area contributed by atoms with E-state index in [1.807, 2.05) is 13.1 Å². The molecule has 0 saturated heterocycles. The third-order valence-corrected chi connectivity index (χ3v) is 3.84. The van der Waals surface area contributed by atoms with Gasteiger partial charge in [-0.1, -0.05) is 22.4 Å². The Bertz CT molecular complexity index is 768. The number of aromatic amines is 1. The average molecular weight is 301 g/mol. The fourth-order valence-corrected chi connectivity index (χ4v) is 2.92. The SMILES string of the molecule is Cc1cc(C)cc(Nc2nc(N)[nH][n+]2-c2ncc(C)s2)c1. The van der Waals surface area contributed by atoms with E-state index in [0.29, 0.717) is 11.9 Å². The molecule has 0 atom stereocenters. The summed E-state index contributed by atoms with van der Waals surface area (Å²) in [7, 11) is 0. The van der Waals surface area contributed by atoms with Gasteiger partial charge < -0.3 is 5.73 Å². The van der Waals surface area contributed by atoms with Crippen molar-refractivity contribution >= 4 is 28.9 Å². The Morgan fingerprint density at radius 3 is 2.52 bits per heavy atom. The first-order chi connectivity index (χ1) is 10.0. The molecule has 0 unspecified atom stereocenters. The number of nitrogen functional groups attached to an aromatic ring is 1. The van der Waals surface area contributed by atoms with Crippen LogP contribution in [-0.4, -0.2) is 15.1 Å². The Labute approximate surface area is 126 Å². The third kappa shape index (κ3) is 2.87. The predicted molar refractivity (Wildman–Crippen MR) is 84.1 cm³/mol. The lowest BCUT2D eigenvalue weighted by Crippen LogP contribution is -2.35.